The maximum Gasteiger partial charge on any atom is 0.324 e. The highest BCUT2D eigenvalue weighted by molar-refractivity contribution is 7.10. The summed E-state index contributed by atoms with van der Waals surface area (Å²) in [5.74, 6) is -0.387. The van der Waals surface area contributed by atoms with E-state index in [2.05, 4.69) is 15.1 Å². The number of amides is 1. The van der Waals surface area contributed by atoms with E-state index in [0.29, 0.717) is 31.4 Å². The number of aryl methyl sites for hydroxylation is 1. The zero-order valence-electron chi connectivity index (χ0n) is 11.3. The zero-order chi connectivity index (χ0) is 14.5. The third-order valence-corrected chi connectivity index (χ3v) is 4.02. The molecule has 1 aliphatic heterocycles. The molecule has 1 unspecified atom stereocenters. The van der Waals surface area contributed by atoms with Gasteiger partial charge in [0.25, 0.3) is 0 Å². The maximum atomic E-state index is 12.1. The molecule has 1 aromatic heterocycles. The summed E-state index contributed by atoms with van der Waals surface area (Å²) in [6, 6.07) is -0.437. The van der Waals surface area contributed by atoms with Gasteiger partial charge in [0.15, 0.2) is 0 Å². The van der Waals surface area contributed by atoms with E-state index < -0.39 is 6.04 Å². The molecule has 2 radical (unpaired) electrons. The Kier molecular flexibility index (Phi) is 5.14. The van der Waals surface area contributed by atoms with Crippen molar-refractivity contribution >= 4 is 36.7 Å². The molecule has 0 bridgehead atoms. The van der Waals surface area contributed by atoms with Gasteiger partial charge in [0.05, 0.1) is 12.1 Å². The highest BCUT2D eigenvalue weighted by Gasteiger charge is 2.28. The van der Waals surface area contributed by atoms with E-state index in [-0.39, 0.29) is 11.9 Å². The van der Waals surface area contributed by atoms with Gasteiger partial charge >= 0.3 is 5.97 Å². The summed E-state index contributed by atoms with van der Waals surface area (Å²) in [7, 11) is 6.88. The quantitative estimate of drug-likeness (QED) is 0.601. The minimum Gasteiger partial charge on any atom is -0.468 e. The Hall–Kier alpha value is -1.41. The van der Waals surface area contributed by atoms with Crippen molar-refractivity contribution in [2.45, 2.75) is 31.7 Å². The second-order valence-electron chi connectivity index (χ2n) is 4.56. The van der Waals surface area contributed by atoms with Crippen LogP contribution in [-0.2, 0) is 20.7 Å². The summed E-state index contributed by atoms with van der Waals surface area (Å²) in [6.07, 6.45) is 2.36. The molecule has 20 heavy (non-hydrogen) atoms. The lowest BCUT2D eigenvalue weighted by Gasteiger charge is -2.32. The Labute approximate surface area is 122 Å². The molecule has 0 aromatic carbocycles. The first kappa shape index (κ1) is 15.0. The predicted molar refractivity (Wildman–Crippen MR) is 75.7 cm³/mol. The van der Waals surface area contributed by atoms with Gasteiger partial charge in [-0.05, 0) is 18.4 Å². The van der Waals surface area contributed by atoms with Crippen LogP contribution in [0.25, 0.3) is 0 Å². The molecule has 2 rings (SSSR count). The Morgan fingerprint density at radius 3 is 3.10 bits per heavy atom. The summed E-state index contributed by atoms with van der Waals surface area (Å²) < 4.78 is 4.69. The summed E-state index contributed by atoms with van der Waals surface area (Å²) >= 11 is 1.45. The fourth-order valence-electron chi connectivity index (χ4n) is 2.07. The van der Waals surface area contributed by atoms with E-state index in [9.17, 15) is 9.59 Å². The summed E-state index contributed by atoms with van der Waals surface area (Å²) in [5, 5.41) is 4.10. The minimum absolute atomic E-state index is 0.0487. The topological polar surface area (TPSA) is 71.5 Å². The number of hydrogen-bond donors (Lipinski definition) is 1. The van der Waals surface area contributed by atoms with Crippen LogP contribution in [0.2, 0.25) is 0 Å². The molecule has 6 nitrogen and oxygen atoms in total. The van der Waals surface area contributed by atoms with Gasteiger partial charge in [-0.1, -0.05) is 0 Å². The van der Waals surface area contributed by atoms with Gasteiger partial charge in [-0.2, -0.15) is 0 Å². The number of carbonyl (C=O) groups excluding carboxylic acids is 2. The second kappa shape index (κ2) is 6.85. The molecule has 1 fully saturated rings. The van der Waals surface area contributed by atoms with Crippen LogP contribution in [0.15, 0.2) is 5.38 Å². The van der Waals surface area contributed by atoms with Crippen LogP contribution in [0.5, 0.6) is 0 Å². The normalized spacial score (nSPS) is 18.9. The van der Waals surface area contributed by atoms with Crippen molar-refractivity contribution in [3.63, 3.8) is 0 Å². The van der Waals surface area contributed by atoms with Gasteiger partial charge in [-0.15, -0.1) is 11.3 Å². The minimum atomic E-state index is -0.437. The summed E-state index contributed by atoms with van der Waals surface area (Å²) in [4.78, 5) is 27.7. The number of carbonyl (C=O) groups is 2. The van der Waals surface area contributed by atoms with Crippen LogP contribution >= 0.6 is 11.3 Å². The molecule has 1 saturated heterocycles. The van der Waals surface area contributed by atoms with E-state index in [1.54, 1.807) is 5.38 Å². The molecule has 1 atom stereocenters. The number of hydrazine groups is 1. The number of ether oxygens (including phenoxy) is 1. The molecular weight excluding hydrogens is 277 g/mol. The number of methoxy groups -OCH3 is 1. The van der Waals surface area contributed by atoms with Gasteiger partial charge in [0.2, 0.25) is 5.91 Å². The molecule has 106 valence electrons. The fraction of sp³-hybridized carbons (Fsp3) is 0.583. The monoisotopic (exact) mass is 293 g/mol. The van der Waals surface area contributed by atoms with Crippen LogP contribution < -0.4 is 11.0 Å². The first-order valence-corrected chi connectivity index (χ1v) is 7.32. The van der Waals surface area contributed by atoms with E-state index in [0.717, 1.165) is 11.4 Å². The van der Waals surface area contributed by atoms with Crippen molar-refractivity contribution in [1.29, 1.82) is 0 Å². The van der Waals surface area contributed by atoms with E-state index >= 15 is 0 Å². The first-order chi connectivity index (χ1) is 9.60. The van der Waals surface area contributed by atoms with Crippen LogP contribution in [-0.4, -0.2) is 49.4 Å². The molecule has 1 N–H and O–H groups in total. The second-order valence-corrected chi connectivity index (χ2v) is 5.50. The lowest BCUT2D eigenvalue weighted by atomic mass is 10.1. The molecule has 8 heteroatoms. The highest BCUT2D eigenvalue weighted by Crippen LogP contribution is 2.11. The van der Waals surface area contributed by atoms with Gasteiger partial charge < -0.3 is 4.74 Å². The summed E-state index contributed by atoms with van der Waals surface area (Å²) in [6.45, 7) is 0.604. The standard InChI is InChI=1S/C12H16BN3O3S/c1-19-12(18)8-3-2-6-16(15-8)11(17)5-4-10-14-9(13)7-20-10/h7-8,15H,2-6H2,1H3. The molecule has 0 spiro atoms. The van der Waals surface area contributed by atoms with Crippen LogP contribution in [0.3, 0.4) is 0 Å². The average Bonchev–Trinajstić information content (AvgIpc) is 2.89. The van der Waals surface area contributed by atoms with E-state index in [1.807, 2.05) is 0 Å². The molecular formula is C12H16BN3O3S. The van der Waals surface area contributed by atoms with Gasteiger partial charge in [-0.25, -0.2) is 5.43 Å². The van der Waals surface area contributed by atoms with Crippen LogP contribution in [0.1, 0.15) is 24.3 Å². The largest absolute Gasteiger partial charge is 0.468 e. The van der Waals surface area contributed by atoms with Crippen molar-refractivity contribution < 1.29 is 14.3 Å². The number of esters is 1. The molecule has 2 heterocycles. The third kappa shape index (κ3) is 3.80. The lowest BCUT2D eigenvalue weighted by Crippen LogP contribution is -2.55. The van der Waals surface area contributed by atoms with Crippen LogP contribution in [0, 0.1) is 0 Å². The number of thiazole rings is 1. The maximum absolute atomic E-state index is 12.1. The molecule has 1 aromatic rings. The zero-order valence-corrected chi connectivity index (χ0v) is 12.1. The Balaban J connectivity index is 1.84. The van der Waals surface area contributed by atoms with E-state index in [1.165, 1.54) is 23.5 Å². The molecule has 0 aliphatic carbocycles. The van der Waals surface area contributed by atoms with Gasteiger partial charge in [0, 0.05) is 24.8 Å². The Morgan fingerprint density at radius 2 is 2.45 bits per heavy atom. The fourth-order valence-corrected chi connectivity index (χ4v) is 2.76. The first-order valence-electron chi connectivity index (χ1n) is 6.44. The van der Waals surface area contributed by atoms with E-state index in [4.69, 9.17) is 7.85 Å². The Bertz CT molecular complexity index is 494. The molecule has 1 amide bonds. The van der Waals surface area contributed by atoms with Gasteiger partial charge in [0.1, 0.15) is 13.9 Å². The SMILES string of the molecule is [B]c1csc(CCC(=O)N2CCCC(C(=O)OC)N2)n1. The third-order valence-electron chi connectivity index (χ3n) is 3.10. The molecule has 1 aliphatic rings. The number of nitrogens with one attached hydrogen (secondary N) is 1. The smallest absolute Gasteiger partial charge is 0.324 e. The van der Waals surface area contributed by atoms with Crippen molar-refractivity contribution in [3.05, 3.63) is 10.4 Å². The van der Waals surface area contributed by atoms with Crippen molar-refractivity contribution in [3.8, 4) is 0 Å². The number of rotatable bonds is 4. The lowest BCUT2D eigenvalue weighted by molar-refractivity contribution is -0.149. The Morgan fingerprint density at radius 1 is 1.65 bits per heavy atom. The van der Waals surface area contributed by atoms with Crippen molar-refractivity contribution in [1.82, 2.24) is 15.4 Å². The molecule has 0 saturated carbocycles. The highest BCUT2D eigenvalue weighted by atomic mass is 32.1. The van der Waals surface area contributed by atoms with Crippen molar-refractivity contribution in [2.24, 2.45) is 0 Å². The number of aromatic nitrogens is 1. The summed E-state index contributed by atoms with van der Waals surface area (Å²) in [5.41, 5.74) is 3.40. The average molecular weight is 293 g/mol. The van der Waals surface area contributed by atoms with Gasteiger partial charge in [-0.3, -0.25) is 19.6 Å². The van der Waals surface area contributed by atoms with Crippen molar-refractivity contribution in [2.75, 3.05) is 13.7 Å². The van der Waals surface area contributed by atoms with Crippen LogP contribution in [0.4, 0.5) is 0 Å². The predicted octanol–water partition coefficient (Wildman–Crippen LogP) is -0.462. The number of hydrogen-bond acceptors (Lipinski definition) is 6. The number of nitrogens with zero attached hydrogens (tertiary/aromatic N) is 2.